The van der Waals surface area contributed by atoms with E-state index in [1.165, 1.54) is 24.1 Å². The van der Waals surface area contributed by atoms with Crippen molar-refractivity contribution in [1.82, 2.24) is 30.3 Å². The van der Waals surface area contributed by atoms with E-state index in [0.29, 0.717) is 17.1 Å². The Labute approximate surface area is 193 Å². The number of methoxy groups -OCH3 is 1. The Balaban J connectivity index is 1.24. The maximum absolute atomic E-state index is 13.0. The van der Waals surface area contributed by atoms with Gasteiger partial charge in [-0.15, -0.1) is 5.10 Å². The lowest BCUT2D eigenvalue weighted by Gasteiger charge is -2.34. The second-order valence-corrected chi connectivity index (χ2v) is 8.67. The first kappa shape index (κ1) is 21.4. The molecule has 9 nitrogen and oxygen atoms in total. The molecule has 2 aromatic heterocycles. The molecule has 172 valence electrons. The number of anilines is 1. The highest BCUT2D eigenvalue weighted by Crippen LogP contribution is 2.29. The van der Waals surface area contributed by atoms with Crippen LogP contribution < -0.4 is 15.0 Å². The number of amides is 1. The van der Waals surface area contributed by atoms with Crippen molar-refractivity contribution in [3.8, 4) is 11.4 Å². The molecule has 9 heteroatoms. The van der Waals surface area contributed by atoms with Gasteiger partial charge in [-0.25, -0.2) is 14.6 Å². The second kappa shape index (κ2) is 9.17. The van der Waals surface area contributed by atoms with Crippen molar-refractivity contribution in [1.29, 1.82) is 0 Å². The zero-order chi connectivity index (χ0) is 22.8. The average Bonchev–Trinajstić information content (AvgIpc) is 3.25. The lowest BCUT2D eigenvalue weighted by atomic mass is 9.95. The maximum Gasteiger partial charge on any atom is 0.273 e. The first-order valence-electron chi connectivity index (χ1n) is 11.6. The summed E-state index contributed by atoms with van der Waals surface area (Å²) < 4.78 is 7.07. The highest BCUT2D eigenvalue weighted by atomic mass is 16.5. The minimum absolute atomic E-state index is 0.0993. The average molecular weight is 448 g/mol. The topological polar surface area (TPSA) is 98.1 Å². The molecule has 1 aliphatic heterocycles. The molecule has 2 aliphatic rings. The van der Waals surface area contributed by atoms with Crippen LogP contribution in [0.25, 0.3) is 5.69 Å². The lowest BCUT2D eigenvalue weighted by molar-refractivity contribution is 0.0925. The van der Waals surface area contributed by atoms with Gasteiger partial charge in [0.2, 0.25) is 0 Å². The van der Waals surface area contributed by atoms with Crippen LogP contribution in [0.3, 0.4) is 0 Å². The Hall–Kier alpha value is -3.49. The molecule has 3 aromatic rings. The predicted molar refractivity (Wildman–Crippen MR) is 124 cm³/mol. The van der Waals surface area contributed by atoms with Gasteiger partial charge in [0.05, 0.1) is 12.8 Å². The van der Waals surface area contributed by atoms with E-state index in [0.717, 1.165) is 50.3 Å². The van der Waals surface area contributed by atoms with Crippen molar-refractivity contribution in [3.05, 3.63) is 53.2 Å². The van der Waals surface area contributed by atoms with Crippen LogP contribution in [0.4, 0.5) is 5.82 Å². The number of fused-ring (bicyclic) bond motifs is 1. The van der Waals surface area contributed by atoms with Crippen molar-refractivity contribution < 1.29 is 9.53 Å². The number of piperidine rings is 1. The molecular formula is C24H29N7O2. The van der Waals surface area contributed by atoms with Gasteiger partial charge < -0.3 is 15.0 Å². The fourth-order valence-corrected chi connectivity index (χ4v) is 4.84. The van der Waals surface area contributed by atoms with Crippen molar-refractivity contribution >= 4 is 11.7 Å². The third-order valence-electron chi connectivity index (χ3n) is 6.65. The molecule has 0 atom stereocenters. The van der Waals surface area contributed by atoms with E-state index >= 15 is 0 Å². The number of benzene rings is 1. The lowest BCUT2D eigenvalue weighted by Crippen LogP contribution is -2.45. The predicted octanol–water partition coefficient (Wildman–Crippen LogP) is 2.65. The Morgan fingerprint density at radius 1 is 1.12 bits per heavy atom. The molecule has 0 bridgehead atoms. The summed E-state index contributed by atoms with van der Waals surface area (Å²) in [5.74, 6) is 1.57. The minimum Gasteiger partial charge on any atom is -0.494 e. The SMILES string of the molecule is COc1ccccc1-n1nnc(C(=O)NC2CCN(c3ncnc4c3CCCC4)CC2)c1C. The minimum atomic E-state index is -0.188. The smallest absolute Gasteiger partial charge is 0.273 e. The number of nitrogens with one attached hydrogen (secondary N) is 1. The molecule has 1 aliphatic carbocycles. The molecule has 0 saturated carbocycles. The van der Waals surface area contributed by atoms with Gasteiger partial charge >= 0.3 is 0 Å². The van der Waals surface area contributed by atoms with Gasteiger partial charge in [0, 0.05) is 30.4 Å². The first-order chi connectivity index (χ1) is 16.2. The van der Waals surface area contributed by atoms with Gasteiger partial charge in [-0.05, 0) is 57.6 Å². The second-order valence-electron chi connectivity index (χ2n) is 8.67. The summed E-state index contributed by atoms with van der Waals surface area (Å²) in [5, 5.41) is 11.5. The van der Waals surface area contributed by atoms with Crippen molar-refractivity contribution in [2.75, 3.05) is 25.1 Å². The summed E-state index contributed by atoms with van der Waals surface area (Å²) in [5.41, 5.74) is 4.30. The number of hydrogen-bond acceptors (Lipinski definition) is 7. The number of ether oxygens (including phenoxy) is 1. The largest absolute Gasteiger partial charge is 0.494 e. The van der Waals surface area contributed by atoms with Gasteiger partial charge in [-0.3, -0.25) is 4.79 Å². The van der Waals surface area contributed by atoms with E-state index in [4.69, 9.17) is 4.74 Å². The first-order valence-corrected chi connectivity index (χ1v) is 11.6. The molecule has 0 spiro atoms. The zero-order valence-corrected chi connectivity index (χ0v) is 19.1. The molecule has 0 unspecified atom stereocenters. The number of rotatable bonds is 5. The van der Waals surface area contributed by atoms with Gasteiger partial charge in [0.25, 0.3) is 5.91 Å². The summed E-state index contributed by atoms with van der Waals surface area (Å²) in [4.78, 5) is 24.4. The molecule has 0 radical (unpaired) electrons. The number of hydrogen-bond donors (Lipinski definition) is 1. The molecule has 1 fully saturated rings. The fourth-order valence-electron chi connectivity index (χ4n) is 4.84. The van der Waals surface area contributed by atoms with Gasteiger partial charge in [0.15, 0.2) is 5.69 Å². The fraction of sp³-hybridized carbons (Fsp3) is 0.458. The van der Waals surface area contributed by atoms with E-state index < -0.39 is 0 Å². The quantitative estimate of drug-likeness (QED) is 0.642. The number of aryl methyl sites for hydroxylation is 1. The maximum atomic E-state index is 13.0. The Bertz CT molecular complexity index is 1150. The van der Waals surface area contributed by atoms with Crippen molar-refractivity contribution in [2.24, 2.45) is 0 Å². The molecule has 1 N–H and O–H groups in total. The van der Waals surface area contributed by atoms with Crippen LogP contribution in [-0.4, -0.2) is 57.1 Å². The van der Waals surface area contributed by atoms with E-state index in [1.807, 2.05) is 31.2 Å². The molecule has 33 heavy (non-hydrogen) atoms. The molecule has 1 amide bonds. The normalized spacial score (nSPS) is 16.4. The zero-order valence-electron chi connectivity index (χ0n) is 19.1. The van der Waals surface area contributed by atoms with Crippen LogP contribution in [-0.2, 0) is 12.8 Å². The molecular weight excluding hydrogens is 418 g/mol. The summed E-state index contributed by atoms with van der Waals surface area (Å²) in [7, 11) is 1.61. The van der Waals surface area contributed by atoms with Crippen molar-refractivity contribution in [2.45, 2.75) is 51.5 Å². The van der Waals surface area contributed by atoms with Crippen LogP contribution >= 0.6 is 0 Å². The Morgan fingerprint density at radius 2 is 1.91 bits per heavy atom. The summed E-state index contributed by atoms with van der Waals surface area (Å²) in [6, 6.07) is 7.65. The van der Waals surface area contributed by atoms with E-state index in [1.54, 1.807) is 18.1 Å². The van der Waals surface area contributed by atoms with Crippen LogP contribution in [0.2, 0.25) is 0 Å². The van der Waals surface area contributed by atoms with Crippen LogP contribution in [0.5, 0.6) is 5.75 Å². The molecule has 1 saturated heterocycles. The molecule has 3 heterocycles. The number of carbonyl (C=O) groups is 1. The summed E-state index contributed by atoms with van der Waals surface area (Å²) in [6.07, 6.45) is 7.94. The van der Waals surface area contributed by atoms with E-state index in [2.05, 4.69) is 30.5 Å². The highest BCUT2D eigenvalue weighted by molar-refractivity contribution is 5.93. The van der Waals surface area contributed by atoms with Gasteiger partial charge in [-0.1, -0.05) is 17.3 Å². The van der Waals surface area contributed by atoms with E-state index in [-0.39, 0.29) is 11.9 Å². The molecule has 5 rings (SSSR count). The van der Waals surface area contributed by atoms with Gasteiger partial charge in [0.1, 0.15) is 23.6 Å². The highest BCUT2D eigenvalue weighted by Gasteiger charge is 2.27. The number of nitrogens with zero attached hydrogens (tertiary/aromatic N) is 6. The summed E-state index contributed by atoms with van der Waals surface area (Å²) in [6.45, 7) is 3.57. The van der Waals surface area contributed by atoms with Gasteiger partial charge in [-0.2, -0.15) is 0 Å². The van der Waals surface area contributed by atoms with Crippen LogP contribution in [0.1, 0.15) is 53.1 Å². The number of para-hydroxylation sites is 2. The summed E-state index contributed by atoms with van der Waals surface area (Å²) >= 11 is 0. The molecule has 1 aromatic carbocycles. The van der Waals surface area contributed by atoms with Crippen LogP contribution in [0, 0.1) is 6.92 Å². The van der Waals surface area contributed by atoms with Crippen molar-refractivity contribution in [3.63, 3.8) is 0 Å². The third kappa shape index (κ3) is 4.15. The third-order valence-corrected chi connectivity index (χ3v) is 6.65. The van der Waals surface area contributed by atoms with Crippen LogP contribution in [0.15, 0.2) is 30.6 Å². The standard InChI is InChI=1S/C24H29N7O2/c1-16-22(28-29-31(16)20-9-5-6-10-21(20)33-2)24(32)27-17-11-13-30(14-12-17)23-18-7-3-4-8-19(18)25-15-26-23/h5-6,9-10,15,17H,3-4,7-8,11-14H2,1-2H3,(H,27,32). The van der Waals surface area contributed by atoms with E-state index in [9.17, 15) is 4.79 Å². The number of aromatic nitrogens is 5. The monoisotopic (exact) mass is 447 g/mol. The number of carbonyl (C=O) groups excluding carboxylic acids is 1. The Morgan fingerprint density at radius 3 is 2.73 bits per heavy atom. The Kier molecular flexibility index (Phi) is 5.93.